The zero-order valence-electron chi connectivity index (χ0n) is 12.5. The van der Waals surface area contributed by atoms with Crippen LogP contribution in [0.5, 0.6) is 0 Å². The van der Waals surface area contributed by atoms with Crippen molar-refractivity contribution in [3.8, 4) is 0 Å². The fraction of sp³-hybridized carbons (Fsp3) is 0.176. The minimum absolute atomic E-state index is 0.147. The molecule has 0 saturated carbocycles. The summed E-state index contributed by atoms with van der Waals surface area (Å²) in [5, 5.41) is 13.1. The van der Waals surface area contributed by atoms with E-state index in [1.807, 2.05) is 24.3 Å². The lowest BCUT2D eigenvalue weighted by molar-refractivity contribution is 0.0859. The van der Waals surface area contributed by atoms with Crippen molar-refractivity contribution in [3.05, 3.63) is 63.7 Å². The van der Waals surface area contributed by atoms with E-state index in [0.717, 1.165) is 17.2 Å². The highest BCUT2D eigenvalue weighted by atomic mass is 32.1. The molecule has 5 nitrogen and oxygen atoms in total. The predicted octanol–water partition coefficient (Wildman–Crippen LogP) is 2.75. The molecule has 2 unspecified atom stereocenters. The second-order valence-corrected chi connectivity index (χ2v) is 6.28. The van der Waals surface area contributed by atoms with E-state index in [-0.39, 0.29) is 5.56 Å². The molecule has 4 rings (SSSR count). The first-order valence-corrected chi connectivity index (χ1v) is 7.92. The fourth-order valence-corrected chi connectivity index (χ4v) is 3.47. The first kappa shape index (κ1) is 15.0. The van der Waals surface area contributed by atoms with Crippen LogP contribution >= 0.6 is 12.2 Å². The van der Waals surface area contributed by atoms with Crippen molar-refractivity contribution < 1.29 is 14.3 Å². The topological polar surface area (TPSA) is 80.9 Å². The highest BCUT2D eigenvalue weighted by Crippen LogP contribution is 2.31. The van der Waals surface area contributed by atoms with Crippen molar-refractivity contribution in [2.45, 2.75) is 18.6 Å². The maximum absolute atomic E-state index is 13.8. The van der Waals surface area contributed by atoms with Crippen LogP contribution in [0, 0.1) is 10.6 Å². The standard InChI is InChI=1S/C17H14FN3O2S/c18-9-6-11(14-12(7-9)19-17(24)21-14)16(23)20-15-10-4-2-1-3-8(10)5-13(15)22/h1-4,6-7,13,15,22H,5H2,(H,20,23)(H2,19,21,24). The van der Waals surface area contributed by atoms with Gasteiger partial charge in [-0.2, -0.15) is 0 Å². The Morgan fingerprint density at radius 3 is 2.92 bits per heavy atom. The van der Waals surface area contributed by atoms with Crippen molar-refractivity contribution in [2.75, 3.05) is 0 Å². The van der Waals surface area contributed by atoms with Crippen LogP contribution in [0.15, 0.2) is 36.4 Å². The van der Waals surface area contributed by atoms with Gasteiger partial charge in [-0.05, 0) is 35.5 Å². The Kier molecular flexibility index (Phi) is 3.47. The van der Waals surface area contributed by atoms with E-state index in [2.05, 4.69) is 15.3 Å². The molecule has 2 atom stereocenters. The molecule has 7 heteroatoms. The number of halogens is 1. The molecule has 0 radical (unpaired) electrons. The average Bonchev–Trinajstić information content (AvgIpc) is 3.06. The number of imidazole rings is 1. The third-order valence-electron chi connectivity index (χ3n) is 4.33. The summed E-state index contributed by atoms with van der Waals surface area (Å²) in [6.45, 7) is 0. The number of aliphatic hydroxyl groups is 1. The molecule has 1 aromatic heterocycles. The number of aromatic nitrogens is 2. The fourth-order valence-electron chi connectivity index (χ4n) is 3.25. The van der Waals surface area contributed by atoms with E-state index in [1.165, 1.54) is 6.07 Å². The lowest BCUT2D eigenvalue weighted by Crippen LogP contribution is -2.34. The minimum atomic E-state index is -0.708. The number of nitrogens with one attached hydrogen (secondary N) is 3. The van der Waals surface area contributed by atoms with Gasteiger partial charge in [0.2, 0.25) is 0 Å². The van der Waals surface area contributed by atoms with Gasteiger partial charge in [0, 0.05) is 6.42 Å². The Labute approximate surface area is 141 Å². The molecule has 2 aromatic carbocycles. The summed E-state index contributed by atoms with van der Waals surface area (Å²) >= 11 is 5.01. The summed E-state index contributed by atoms with van der Waals surface area (Å²) in [6.07, 6.45) is -0.230. The van der Waals surface area contributed by atoms with Crippen molar-refractivity contribution in [1.82, 2.24) is 15.3 Å². The van der Waals surface area contributed by atoms with Gasteiger partial charge < -0.3 is 20.4 Å². The van der Waals surface area contributed by atoms with Crippen molar-refractivity contribution in [3.63, 3.8) is 0 Å². The van der Waals surface area contributed by atoms with Crippen LogP contribution in [-0.4, -0.2) is 27.1 Å². The van der Waals surface area contributed by atoms with Crippen molar-refractivity contribution in [2.24, 2.45) is 0 Å². The van der Waals surface area contributed by atoms with Crippen LogP contribution in [0.2, 0.25) is 0 Å². The van der Waals surface area contributed by atoms with E-state index in [1.54, 1.807) is 0 Å². The van der Waals surface area contributed by atoms with E-state index in [0.29, 0.717) is 22.2 Å². The summed E-state index contributed by atoms with van der Waals surface area (Å²) in [4.78, 5) is 18.3. The summed E-state index contributed by atoms with van der Waals surface area (Å²) in [5.41, 5.74) is 2.90. The Morgan fingerprint density at radius 1 is 1.29 bits per heavy atom. The maximum Gasteiger partial charge on any atom is 0.254 e. The zero-order valence-corrected chi connectivity index (χ0v) is 13.3. The normalized spacial score (nSPS) is 19.4. The molecule has 0 bridgehead atoms. The number of aromatic amines is 2. The lowest BCUT2D eigenvalue weighted by atomic mass is 10.1. The number of fused-ring (bicyclic) bond motifs is 2. The van der Waals surface area contributed by atoms with Gasteiger partial charge in [0.15, 0.2) is 4.77 Å². The summed E-state index contributed by atoms with van der Waals surface area (Å²) in [5.74, 6) is -1.00. The second-order valence-electron chi connectivity index (χ2n) is 5.88. The maximum atomic E-state index is 13.8. The molecule has 4 N–H and O–H groups in total. The Hall–Kier alpha value is -2.51. The van der Waals surface area contributed by atoms with Crippen molar-refractivity contribution >= 4 is 29.2 Å². The summed E-state index contributed by atoms with van der Waals surface area (Å²) < 4.78 is 14.1. The smallest absolute Gasteiger partial charge is 0.254 e. The van der Waals surface area contributed by atoms with Crippen LogP contribution in [0.4, 0.5) is 4.39 Å². The SMILES string of the molecule is O=C(NC1c2ccccc2CC1O)c1cc(F)cc2[nH]c(=S)[nH]c12. The van der Waals surface area contributed by atoms with E-state index in [9.17, 15) is 14.3 Å². The van der Waals surface area contributed by atoms with E-state index < -0.39 is 23.9 Å². The Bertz CT molecular complexity index is 1010. The molecule has 1 aliphatic carbocycles. The molecule has 1 aliphatic rings. The highest BCUT2D eigenvalue weighted by molar-refractivity contribution is 7.71. The first-order valence-electron chi connectivity index (χ1n) is 7.51. The Balaban J connectivity index is 1.72. The van der Waals surface area contributed by atoms with Gasteiger partial charge in [0.05, 0.1) is 28.7 Å². The molecular formula is C17H14FN3O2S. The van der Waals surface area contributed by atoms with Crippen LogP contribution in [-0.2, 0) is 6.42 Å². The number of aliphatic hydroxyl groups excluding tert-OH is 1. The summed E-state index contributed by atoms with van der Waals surface area (Å²) in [7, 11) is 0. The number of rotatable bonds is 2. The van der Waals surface area contributed by atoms with E-state index in [4.69, 9.17) is 12.2 Å². The molecular weight excluding hydrogens is 329 g/mol. The summed E-state index contributed by atoms with van der Waals surface area (Å²) in [6, 6.07) is 9.47. The predicted molar refractivity (Wildman–Crippen MR) is 89.8 cm³/mol. The van der Waals surface area contributed by atoms with Gasteiger partial charge in [-0.25, -0.2) is 4.39 Å². The van der Waals surface area contributed by atoms with Crippen molar-refractivity contribution in [1.29, 1.82) is 0 Å². The molecule has 1 heterocycles. The quantitative estimate of drug-likeness (QED) is 0.540. The van der Waals surface area contributed by atoms with E-state index >= 15 is 0 Å². The van der Waals surface area contributed by atoms with Gasteiger partial charge in [0.1, 0.15) is 5.82 Å². The number of amides is 1. The van der Waals surface area contributed by atoms with Gasteiger partial charge in [-0.15, -0.1) is 0 Å². The van der Waals surface area contributed by atoms with Gasteiger partial charge in [-0.3, -0.25) is 4.79 Å². The number of hydrogen-bond acceptors (Lipinski definition) is 3. The molecule has 0 saturated heterocycles. The number of hydrogen-bond donors (Lipinski definition) is 4. The van der Waals surface area contributed by atoms with Crippen LogP contribution in [0.1, 0.15) is 27.5 Å². The molecule has 3 aromatic rings. The highest BCUT2D eigenvalue weighted by Gasteiger charge is 2.32. The molecule has 24 heavy (non-hydrogen) atoms. The lowest BCUT2D eigenvalue weighted by Gasteiger charge is -2.18. The van der Waals surface area contributed by atoms with Crippen LogP contribution in [0.25, 0.3) is 11.0 Å². The molecule has 122 valence electrons. The van der Waals surface area contributed by atoms with Gasteiger partial charge >= 0.3 is 0 Å². The van der Waals surface area contributed by atoms with Crippen LogP contribution < -0.4 is 5.32 Å². The zero-order chi connectivity index (χ0) is 16.8. The first-order chi connectivity index (χ1) is 11.5. The third kappa shape index (κ3) is 2.42. The Morgan fingerprint density at radius 2 is 2.08 bits per heavy atom. The molecule has 0 aliphatic heterocycles. The molecule has 1 amide bonds. The van der Waals surface area contributed by atoms with Gasteiger partial charge in [0.25, 0.3) is 5.91 Å². The minimum Gasteiger partial charge on any atom is -0.390 e. The molecule has 0 spiro atoms. The number of H-pyrrole nitrogens is 2. The number of benzene rings is 2. The monoisotopic (exact) mass is 343 g/mol. The number of carbonyl (C=O) groups excluding carboxylic acids is 1. The van der Waals surface area contributed by atoms with Crippen LogP contribution in [0.3, 0.4) is 0 Å². The average molecular weight is 343 g/mol. The second kappa shape index (κ2) is 5.54. The third-order valence-corrected chi connectivity index (χ3v) is 4.53. The van der Waals surface area contributed by atoms with Gasteiger partial charge in [-0.1, -0.05) is 24.3 Å². The number of carbonyl (C=O) groups is 1. The largest absolute Gasteiger partial charge is 0.390 e. The molecule has 0 fully saturated rings.